The molecule has 0 unspecified atom stereocenters. The van der Waals surface area contributed by atoms with Crippen LogP contribution >= 0.6 is 0 Å². The molecule has 0 saturated carbocycles. The molecule has 0 heteroatoms. The Kier molecular flexibility index (Phi) is 2.22. The Bertz CT molecular complexity index is 345. The van der Waals surface area contributed by atoms with Crippen molar-refractivity contribution in [1.82, 2.24) is 0 Å². The van der Waals surface area contributed by atoms with E-state index in [1.807, 2.05) is 0 Å². The van der Waals surface area contributed by atoms with Gasteiger partial charge >= 0.3 is 0 Å². The summed E-state index contributed by atoms with van der Waals surface area (Å²) in [6.07, 6.45) is 8.02. The molecular weight excluding hydrogens is 156 g/mol. The van der Waals surface area contributed by atoms with Gasteiger partial charge in [0.05, 0.1) is 0 Å². The average Bonchev–Trinajstić information content (AvgIpc) is 2.64. The van der Waals surface area contributed by atoms with Crippen LogP contribution in [0.25, 0.3) is 6.08 Å². The Hall–Kier alpha value is -1.04. The maximum Gasteiger partial charge on any atom is -0.00853 e. The number of hydrogen-bond acceptors (Lipinski definition) is 0. The first-order valence-corrected chi connectivity index (χ1v) is 5.17. The minimum absolute atomic E-state index is 1.15. The first-order chi connectivity index (χ1) is 6.36. The second-order valence-electron chi connectivity index (χ2n) is 3.59. The topological polar surface area (TPSA) is 0 Å². The zero-order valence-electron chi connectivity index (χ0n) is 8.43. The number of aryl methyl sites for hydroxylation is 2. The molecule has 1 aliphatic carbocycles. The SMILES string of the molecule is CCc1ccc(CC)c2c1C=CC2. The predicted octanol–water partition coefficient (Wildman–Crippen LogP) is 3.38. The summed E-state index contributed by atoms with van der Waals surface area (Å²) in [7, 11) is 0. The molecule has 0 aromatic heterocycles. The molecular formula is C13H16. The highest BCUT2D eigenvalue weighted by atomic mass is 14.2. The fourth-order valence-corrected chi connectivity index (χ4v) is 2.14. The van der Waals surface area contributed by atoms with Gasteiger partial charge in [-0.25, -0.2) is 0 Å². The van der Waals surface area contributed by atoms with Crippen LogP contribution in [0.3, 0.4) is 0 Å². The van der Waals surface area contributed by atoms with E-state index in [9.17, 15) is 0 Å². The quantitative estimate of drug-likeness (QED) is 0.641. The lowest BCUT2D eigenvalue weighted by molar-refractivity contribution is 1.05. The third-order valence-corrected chi connectivity index (χ3v) is 2.91. The lowest BCUT2D eigenvalue weighted by atomic mass is 9.95. The predicted molar refractivity (Wildman–Crippen MR) is 57.9 cm³/mol. The number of rotatable bonds is 2. The van der Waals surface area contributed by atoms with Crippen LogP contribution in [0.4, 0.5) is 0 Å². The van der Waals surface area contributed by atoms with Crippen molar-refractivity contribution in [3.8, 4) is 0 Å². The van der Waals surface area contributed by atoms with Gasteiger partial charge in [-0.2, -0.15) is 0 Å². The van der Waals surface area contributed by atoms with Crippen molar-refractivity contribution in [1.29, 1.82) is 0 Å². The molecule has 0 spiro atoms. The van der Waals surface area contributed by atoms with E-state index in [1.54, 1.807) is 5.56 Å². The van der Waals surface area contributed by atoms with Crippen LogP contribution in [0.1, 0.15) is 36.1 Å². The Morgan fingerprint density at radius 3 is 2.46 bits per heavy atom. The standard InChI is InChI=1S/C13H16/c1-3-10-8-9-11(4-2)13-7-5-6-12(10)13/h5-6,8-9H,3-4,7H2,1-2H3. The molecule has 0 nitrogen and oxygen atoms in total. The van der Waals surface area contributed by atoms with Gasteiger partial charge in [0, 0.05) is 0 Å². The van der Waals surface area contributed by atoms with E-state index >= 15 is 0 Å². The summed E-state index contributed by atoms with van der Waals surface area (Å²) in [6.45, 7) is 4.47. The lowest BCUT2D eigenvalue weighted by Crippen LogP contribution is -1.95. The molecule has 13 heavy (non-hydrogen) atoms. The second kappa shape index (κ2) is 3.37. The van der Waals surface area contributed by atoms with Gasteiger partial charge in [-0.15, -0.1) is 0 Å². The molecule has 68 valence electrons. The molecule has 0 aliphatic heterocycles. The maximum absolute atomic E-state index is 2.30. The Balaban J connectivity index is 2.56. The highest BCUT2D eigenvalue weighted by molar-refractivity contribution is 5.65. The molecule has 0 fully saturated rings. The molecule has 0 heterocycles. The summed E-state index contributed by atoms with van der Waals surface area (Å²) in [4.78, 5) is 0. The summed E-state index contributed by atoms with van der Waals surface area (Å²) in [6, 6.07) is 4.58. The number of benzene rings is 1. The Labute approximate surface area is 80.3 Å². The number of hydrogen-bond donors (Lipinski definition) is 0. The number of fused-ring (bicyclic) bond motifs is 1. The van der Waals surface area contributed by atoms with Crippen molar-refractivity contribution in [3.63, 3.8) is 0 Å². The molecule has 0 amide bonds. The van der Waals surface area contributed by atoms with E-state index in [4.69, 9.17) is 0 Å². The molecule has 0 N–H and O–H groups in total. The summed E-state index contributed by atoms with van der Waals surface area (Å²) in [5.41, 5.74) is 6.10. The monoisotopic (exact) mass is 172 g/mol. The van der Waals surface area contributed by atoms with Crippen LogP contribution in [-0.4, -0.2) is 0 Å². The molecule has 0 radical (unpaired) electrons. The zero-order valence-corrected chi connectivity index (χ0v) is 8.43. The molecule has 1 aromatic carbocycles. The molecule has 0 bridgehead atoms. The van der Waals surface area contributed by atoms with Gasteiger partial charge in [0.25, 0.3) is 0 Å². The normalized spacial score (nSPS) is 13.4. The van der Waals surface area contributed by atoms with Crippen LogP contribution in [-0.2, 0) is 19.3 Å². The van der Waals surface area contributed by atoms with Crippen LogP contribution in [0, 0.1) is 0 Å². The fourth-order valence-electron chi connectivity index (χ4n) is 2.14. The minimum Gasteiger partial charge on any atom is -0.0795 e. The summed E-state index contributed by atoms with van der Waals surface area (Å²) in [5, 5.41) is 0. The van der Waals surface area contributed by atoms with E-state index < -0.39 is 0 Å². The Morgan fingerprint density at radius 2 is 1.77 bits per heavy atom. The van der Waals surface area contributed by atoms with Crippen LogP contribution in [0.5, 0.6) is 0 Å². The summed E-state index contributed by atoms with van der Waals surface area (Å²) in [5.74, 6) is 0. The van der Waals surface area contributed by atoms with E-state index in [1.165, 1.54) is 16.7 Å². The molecule has 0 saturated heterocycles. The smallest absolute Gasteiger partial charge is 0.00853 e. The van der Waals surface area contributed by atoms with E-state index in [0.29, 0.717) is 0 Å². The van der Waals surface area contributed by atoms with Crippen molar-refractivity contribution in [2.75, 3.05) is 0 Å². The van der Waals surface area contributed by atoms with Gasteiger partial charge in [-0.1, -0.05) is 38.1 Å². The number of allylic oxidation sites excluding steroid dienone is 1. The minimum atomic E-state index is 1.15. The summed E-state index contributed by atoms with van der Waals surface area (Å²) >= 11 is 0. The first-order valence-electron chi connectivity index (χ1n) is 5.17. The van der Waals surface area contributed by atoms with Crippen LogP contribution < -0.4 is 0 Å². The Morgan fingerprint density at radius 1 is 1.08 bits per heavy atom. The fraction of sp³-hybridized carbons (Fsp3) is 0.385. The first kappa shape index (κ1) is 8.55. The highest BCUT2D eigenvalue weighted by Crippen LogP contribution is 2.27. The lowest BCUT2D eigenvalue weighted by Gasteiger charge is -2.10. The van der Waals surface area contributed by atoms with Gasteiger partial charge in [0.15, 0.2) is 0 Å². The van der Waals surface area contributed by atoms with Crippen molar-refractivity contribution < 1.29 is 0 Å². The largest absolute Gasteiger partial charge is 0.0795 e. The summed E-state index contributed by atoms with van der Waals surface area (Å²) < 4.78 is 0. The molecule has 1 aliphatic rings. The van der Waals surface area contributed by atoms with Crippen LogP contribution in [0.15, 0.2) is 18.2 Å². The van der Waals surface area contributed by atoms with Gasteiger partial charge in [0.2, 0.25) is 0 Å². The van der Waals surface area contributed by atoms with Crippen molar-refractivity contribution in [2.45, 2.75) is 33.1 Å². The van der Waals surface area contributed by atoms with E-state index in [-0.39, 0.29) is 0 Å². The maximum atomic E-state index is 2.30. The third kappa shape index (κ3) is 1.31. The van der Waals surface area contributed by atoms with Gasteiger partial charge in [0.1, 0.15) is 0 Å². The second-order valence-corrected chi connectivity index (χ2v) is 3.59. The van der Waals surface area contributed by atoms with Gasteiger partial charge in [-0.05, 0) is 41.5 Å². The van der Waals surface area contributed by atoms with Crippen molar-refractivity contribution in [3.05, 3.63) is 40.5 Å². The highest BCUT2D eigenvalue weighted by Gasteiger charge is 2.11. The van der Waals surface area contributed by atoms with Crippen molar-refractivity contribution in [2.24, 2.45) is 0 Å². The zero-order chi connectivity index (χ0) is 9.26. The van der Waals surface area contributed by atoms with Gasteiger partial charge in [-0.3, -0.25) is 0 Å². The van der Waals surface area contributed by atoms with E-state index in [0.717, 1.165) is 19.3 Å². The van der Waals surface area contributed by atoms with E-state index in [2.05, 4.69) is 38.1 Å². The molecule has 0 atom stereocenters. The van der Waals surface area contributed by atoms with Crippen molar-refractivity contribution >= 4 is 6.08 Å². The third-order valence-electron chi connectivity index (χ3n) is 2.91. The van der Waals surface area contributed by atoms with Gasteiger partial charge < -0.3 is 0 Å². The molecule has 1 aromatic rings. The average molecular weight is 172 g/mol. The molecule has 2 rings (SSSR count). The van der Waals surface area contributed by atoms with Crippen LogP contribution in [0.2, 0.25) is 0 Å².